The van der Waals surface area contributed by atoms with Gasteiger partial charge in [-0.15, -0.1) is 0 Å². The summed E-state index contributed by atoms with van der Waals surface area (Å²) in [6.45, 7) is 0.613. The predicted octanol–water partition coefficient (Wildman–Crippen LogP) is 1.41. The number of carbonyl (C=O) groups is 2. The lowest BCUT2D eigenvalue weighted by molar-refractivity contribution is -0.344. The zero-order valence-corrected chi connectivity index (χ0v) is 8.49. The van der Waals surface area contributed by atoms with Crippen LogP contribution in [0.3, 0.4) is 0 Å². The second-order valence-corrected chi connectivity index (χ2v) is 3.18. The van der Waals surface area contributed by atoms with Crippen molar-refractivity contribution in [2.24, 2.45) is 0 Å². The van der Waals surface area contributed by atoms with Gasteiger partial charge in [-0.05, 0) is 6.92 Å². The Labute approximate surface area is 94.8 Å². The molecule has 0 heterocycles. The number of alkyl halides is 7. The molecule has 0 aromatic rings. The van der Waals surface area contributed by atoms with Crippen molar-refractivity contribution in [3.05, 3.63) is 0 Å². The maximum atomic E-state index is 12.6. The smallest absolute Gasteiger partial charge is 0.460 e. The third-order valence-corrected chi connectivity index (χ3v) is 1.75. The van der Waals surface area contributed by atoms with E-state index in [1.54, 1.807) is 0 Å². The second kappa shape index (κ2) is 4.61. The molecule has 1 amide bonds. The summed E-state index contributed by atoms with van der Waals surface area (Å²) in [6.07, 6.45) is -6.65. The van der Waals surface area contributed by atoms with Gasteiger partial charge in [-0.3, -0.25) is 9.59 Å². The van der Waals surface area contributed by atoms with Gasteiger partial charge in [0.05, 0.1) is 0 Å². The highest BCUT2D eigenvalue weighted by atomic mass is 19.4. The Morgan fingerprint density at radius 2 is 1.44 bits per heavy atom. The number of hydrogen-bond donors (Lipinski definition) is 2. The van der Waals surface area contributed by atoms with Crippen LogP contribution in [0, 0.1) is 0 Å². The summed E-state index contributed by atoms with van der Waals surface area (Å²) in [5, 5.41) is 9.02. The van der Waals surface area contributed by atoms with Gasteiger partial charge in [0.25, 0.3) is 5.91 Å². The minimum Gasteiger partial charge on any atom is -0.480 e. The first-order valence-electron chi connectivity index (χ1n) is 4.11. The van der Waals surface area contributed by atoms with E-state index in [1.807, 2.05) is 0 Å². The van der Waals surface area contributed by atoms with Crippen LogP contribution in [0.15, 0.2) is 0 Å². The van der Waals surface area contributed by atoms with Crippen molar-refractivity contribution < 1.29 is 45.4 Å². The monoisotopic (exact) mass is 285 g/mol. The Morgan fingerprint density at radius 3 is 1.72 bits per heavy atom. The highest BCUT2D eigenvalue weighted by molar-refractivity contribution is 5.88. The van der Waals surface area contributed by atoms with E-state index in [4.69, 9.17) is 5.11 Å². The molecule has 0 aliphatic rings. The number of carboxylic acid groups (broad SMARTS) is 1. The second-order valence-electron chi connectivity index (χ2n) is 3.18. The molecule has 2 N–H and O–H groups in total. The van der Waals surface area contributed by atoms with Crippen molar-refractivity contribution >= 4 is 11.9 Å². The summed E-state index contributed by atoms with van der Waals surface area (Å²) in [7, 11) is 0. The third-order valence-electron chi connectivity index (χ3n) is 1.75. The highest BCUT2D eigenvalue weighted by Crippen LogP contribution is 2.46. The number of hydrogen-bond acceptors (Lipinski definition) is 2. The molecule has 0 radical (unpaired) electrons. The minimum atomic E-state index is -6.65. The van der Waals surface area contributed by atoms with Gasteiger partial charge in [-0.1, -0.05) is 0 Å². The van der Waals surface area contributed by atoms with Crippen LogP contribution in [0.1, 0.15) is 6.92 Å². The summed E-state index contributed by atoms with van der Waals surface area (Å²) in [5.41, 5.74) is 0. The Bertz CT molecular complexity index is 351. The lowest BCUT2D eigenvalue weighted by Crippen LogP contribution is -2.61. The number of carbonyl (C=O) groups excluding carboxylic acids is 1. The van der Waals surface area contributed by atoms with Crippen LogP contribution in [0.2, 0.25) is 0 Å². The fourth-order valence-electron chi connectivity index (χ4n) is 0.670. The summed E-state index contributed by atoms with van der Waals surface area (Å²) >= 11 is 0. The van der Waals surface area contributed by atoms with Gasteiger partial charge in [-0.2, -0.15) is 30.7 Å². The molecule has 106 valence electrons. The molecule has 11 heteroatoms. The van der Waals surface area contributed by atoms with E-state index >= 15 is 0 Å². The van der Waals surface area contributed by atoms with Crippen molar-refractivity contribution in [1.82, 2.24) is 5.32 Å². The lowest BCUT2D eigenvalue weighted by atomic mass is 10.1. The third kappa shape index (κ3) is 2.82. The van der Waals surface area contributed by atoms with E-state index in [2.05, 4.69) is 0 Å². The van der Waals surface area contributed by atoms with Crippen LogP contribution in [0.4, 0.5) is 30.7 Å². The van der Waals surface area contributed by atoms with E-state index in [-0.39, 0.29) is 0 Å². The summed E-state index contributed by atoms with van der Waals surface area (Å²) in [5.74, 6) is -17.6. The van der Waals surface area contributed by atoms with Crippen LogP contribution in [0.25, 0.3) is 0 Å². The zero-order valence-electron chi connectivity index (χ0n) is 8.49. The highest BCUT2D eigenvalue weighted by Gasteiger charge is 2.76. The molecule has 0 aromatic carbocycles. The van der Waals surface area contributed by atoms with Crippen molar-refractivity contribution in [1.29, 1.82) is 0 Å². The van der Waals surface area contributed by atoms with Crippen LogP contribution in [-0.4, -0.2) is 41.0 Å². The maximum absolute atomic E-state index is 12.6. The average Bonchev–Trinajstić information content (AvgIpc) is 2.14. The molecule has 0 aliphatic carbocycles. The number of aliphatic carboxylic acids is 1. The van der Waals surface area contributed by atoms with Crippen LogP contribution < -0.4 is 5.32 Å². The summed E-state index contributed by atoms with van der Waals surface area (Å²) in [6, 6.07) is -2.05. The number of nitrogens with one attached hydrogen (secondary N) is 1. The first-order chi connectivity index (χ1) is 7.75. The molecule has 0 spiro atoms. The molecule has 0 aliphatic heterocycles. The van der Waals surface area contributed by atoms with Gasteiger partial charge in [0.1, 0.15) is 6.04 Å². The maximum Gasteiger partial charge on any atom is 0.460 e. The van der Waals surface area contributed by atoms with Gasteiger partial charge in [0, 0.05) is 0 Å². The molecule has 0 aromatic heterocycles. The largest absolute Gasteiger partial charge is 0.480 e. The fraction of sp³-hybridized carbons (Fsp3) is 0.714. The summed E-state index contributed by atoms with van der Waals surface area (Å²) in [4.78, 5) is 20.7. The molecule has 0 rings (SSSR count). The van der Waals surface area contributed by atoms with Gasteiger partial charge in [0.2, 0.25) is 0 Å². The Morgan fingerprint density at radius 1 is 1.06 bits per heavy atom. The van der Waals surface area contributed by atoms with E-state index in [0.717, 1.165) is 5.32 Å². The number of carboxylic acids is 1. The standard InChI is InChI=1S/C7H6F7NO3/c1-2(3(16)17)15-4(18)5(8,9)6(10,11)7(12,13)14/h2H,1H3,(H,15,18)(H,16,17)/t2-/m0/s1. The van der Waals surface area contributed by atoms with Crippen LogP contribution in [-0.2, 0) is 9.59 Å². The van der Waals surface area contributed by atoms with E-state index in [9.17, 15) is 40.3 Å². The SMILES string of the molecule is C[C@H](NC(=O)C(F)(F)C(F)(F)C(F)(F)F)C(=O)O. The molecular formula is C7H6F7NO3. The Balaban J connectivity index is 5.16. The van der Waals surface area contributed by atoms with Gasteiger partial charge in [0.15, 0.2) is 0 Å². The Hall–Kier alpha value is -1.55. The number of rotatable bonds is 4. The molecule has 0 saturated heterocycles. The lowest BCUT2D eigenvalue weighted by Gasteiger charge is -2.27. The normalized spacial score (nSPS) is 15.1. The summed E-state index contributed by atoms with van der Waals surface area (Å²) < 4.78 is 84.9. The minimum absolute atomic E-state index is 0.613. The first kappa shape index (κ1) is 16.4. The van der Waals surface area contributed by atoms with Crippen molar-refractivity contribution in [3.8, 4) is 0 Å². The van der Waals surface area contributed by atoms with E-state index in [0.29, 0.717) is 6.92 Å². The van der Waals surface area contributed by atoms with E-state index in [1.165, 1.54) is 0 Å². The number of halogens is 7. The molecule has 0 fully saturated rings. The van der Waals surface area contributed by atoms with Crippen LogP contribution in [0.5, 0.6) is 0 Å². The molecule has 4 nitrogen and oxygen atoms in total. The van der Waals surface area contributed by atoms with Crippen molar-refractivity contribution in [2.75, 3.05) is 0 Å². The van der Waals surface area contributed by atoms with Gasteiger partial charge in [-0.25, -0.2) is 0 Å². The first-order valence-corrected chi connectivity index (χ1v) is 4.11. The molecule has 0 saturated carbocycles. The van der Waals surface area contributed by atoms with Crippen molar-refractivity contribution in [2.45, 2.75) is 31.0 Å². The fourth-order valence-corrected chi connectivity index (χ4v) is 0.670. The molecule has 0 unspecified atom stereocenters. The molecular weight excluding hydrogens is 279 g/mol. The Kier molecular flexibility index (Phi) is 4.21. The number of amides is 1. The van der Waals surface area contributed by atoms with E-state index < -0.39 is 35.9 Å². The zero-order chi connectivity index (χ0) is 14.9. The predicted molar refractivity (Wildman–Crippen MR) is 41.2 cm³/mol. The van der Waals surface area contributed by atoms with Gasteiger partial charge < -0.3 is 10.4 Å². The topological polar surface area (TPSA) is 66.4 Å². The molecule has 1 atom stereocenters. The molecule has 0 bridgehead atoms. The van der Waals surface area contributed by atoms with Crippen LogP contribution >= 0.6 is 0 Å². The molecule has 18 heavy (non-hydrogen) atoms. The quantitative estimate of drug-likeness (QED) is 0.767. The average molecular weight is 285 g/mol. The van der Waals surface area contributed by atoms with Crippen molar-refractivity contribution in [3.63, 3.8) is 0 Å². The van der Waals surface area contributed by atoms with Gasteiger partial charge >= 0.3 is 24.0 Å².